The number of ether oxygens (including phenoxy) is 6. The molecule has 0 spiro atoms. The molecule has 12 heteroatoms. The highest BCUT2D eigenvalue weighted by Gasteiger charge is 2.25. The Morgan fingerprint density at radius 3 is 1.76 bits per heavy atom. The van der Waals surface area contributed by atoms with E-state index < -0.39 is 0 Å². The van der Waals surface area contributed by atoms with Crippen molar-refractivity contribution in [3.63, 3.8) is 0 Å². The molecule has 63 heavy (non-hydrogen) atoms. The van der Waals surface area contributed by atoms with Gasteiger partial charge in [-0.25, -0.2) is 18.4 Å². The predicted octanol–water partition coefficient (Wildman–Crippen LogP) is 10.2. The number of hydrogen-bond acceptors (Lipinski definition) is 10. The largest absolute Gasteiger partial charge is 0.493 e. The Morgan fingerprint density at radius 2 is 1.17 bits per heavy atom. The lowest BCUT2D eigenvalue weighted by molar-refractivity contribution is -0.150. The zero-order valence-electron chi connectivity index (χ0n) is 35.5. The number of halogens is 2. The number of anilines is 1. The molecule has 0 aliphatic carbocycles. The number of fused-ring (bicyclic) bond motifs is 2. The summed E-state index contributed by atoms with van der Waals surface area (Å²) in [6, 6.07) is 38.9. The first kappa shape index (κ1) is 45.3. The van der Waals surface area contributed by atoms with Gasteiger partial charge in [0.1, 0.15) is 34.6 Å². The van der Waals surface area contributed by atoms with Gasteiger partial charge in [0.15, 0.2) is 19.8 Å². The summed E-state index contributed by atoms with van der Waals surface area (Å²) in [6.45, 7) is 7.67. The molecule has 0 amide bonds. The molecular weight excluding hydrogens is 809 g/mol. The summed E-state index contributed by atoms with van der Waals surface area (Å²) >= 11 is 0. The van der Waals surface area contributed by atoms with Crippen LogP contribution in [0.5, 0.6) is 23.0 Å². The quantitative estimate of drug-likeness (QED) is 0.0937. The van der Waals surface area contributed by atoms with Crippen LogP contribution < -0.4 is 24.7 Å². The molecule has 0 fully saturated rings. The van der Waals surface area contributed by atoms with Crippen LogP contribution in [0.4, 0.5) is 14.5 Å². The Hall–Kier alpha value is -7.21. The van der Waals surface area contributed by atoms with Crippen LogP contribution in [-0.2, 0) is 25.5 Å². The lowest BCUT2D eigenvalue weighted by atomic mass is 9.91. The first-order valence-corrected chi connectivity index (χ1v) is 20.5. The van der Waals surface area contributed by atoms with Crippen molar-refractivity contribution < 1.29 is 51.6 Å². The maximum atomic E-state index is 13.6. The number of hydrogen-bond donors (Lipinski definition) is 1. The van der Waals surface area contributed by atoms with Crippen LogP contribution >= 0.6 is 0 Å². The lowest BCUT2D eigenvalue weighted by Crippen LogP contribution is -2.18. The van der Waals surface area contributed by atoms with Crippen LogP contribution in [-0.4, -0.2) is 56.4 Å². The molecule has 2 N–H and O–H groups in total. The topological polar surface area (TPSA) is 133 Å². The molecule has 2 aliphatic heterocycles. The third kappa shape index (κ3) is 13.4. The Labute approximate surface area is 365 Å². The van der Waals surface area contributed by atoms with E-state index in [9.17, 15) is 23.2 Å². The second kappa shape index (κ2) is 21.5. The minimum absolute atomic E-state index is 0.0294. The van der Waals surface area contributed by atoms with Crippen molar-refractivity contribution in [2.45, 2.75) is 52.2 Å². The number of esters is 2. The lowest BCUT2D eigenvalue weighted by Gasteiger charge is -2.13. The zero-order chi connectivity index (χ0) is 44.9. The number of Topliss-reactive ketones (excluding diaryl/α,β-unsaturated/α-hetero) is 1. The van der Waals surface area contributed by atoms with Crippen molar-refractivity contribution in [2.75, 3.05) is 32.2 Å². The highest BCUT2D eigenvalue weighted by Crippen LogP contribution is 2.39. The molecule has 6 aromatic rings. The standard InChI is InChI=1S/C26H25FO4.C14H9FO2.C11H15NO3/c1-17(2)31-26(28)16-29-23-8-3-5-18(12-23)11-21-15-30-25-10-9-20(14-24(21)25)19-6-4-7-22(27)13-19;15-11-3-1-2-9(6-11)10-4-5-14-12(7-10)13(16)8-17-14;1-8(2)15-11(13)7-14-10-5-3-4-9(12)6-10/h3-10,12-14,17,21H,11,15-16H2,1-2H3;1-7H,8H2;3-6,8H,7,12H2,1-2H3. The second-order valence-electron chi connectivity index (χ2n) is 15.3. The number of nitrogens with two attached hydrogens (primary N) is 1. The van der Waals surface area contributed by atoms with Gasteiger partial charge in [-0.1, -0.05) is 54.6 Å². The summed E-state index contributed by atoms with van der Waals surface area (Å²) in [5.74, 6) is 1.52. The average Bonchev–Trinajstić information content (AvgIpc) is 3.84. The summed E-state index contributed by atoms with van der Waals surface area (Å²) in [5.41, 5.74) is 12.3. The summed E-state index contributed by atoms with van der Waals surface area (Å²) in [6.07, 6.45) is 0.483. The fourth-order valence-electron chi connectivity index (χ4n) is 6.77. The van der Waals surface area contributed by atoms with Gasteiger partial charge < -0.3 is 34.2 Å². The Balaban J connectivity index is 0.000000174. The first-order chi connectivity index (χ1) is 30.3. The molecule has 2 heterocycles. The number of rotatable bonds is 12. The Bertz CT molecular complexity index is 2540. The highest BCUT2D eigenvalue weighted by molar-refractivity contribution is 6.03. The van der Waals surface area contributed by atoms with Crippen LogP contribution in [0, 0.1) is 11.6 Å². The van der Waals surface area contributed by atoms with E-state index >= 15 is 0 Å². The first-order valence-electron chi connectivity index (χ1n) is 20.5. The van der Waals surface area contributed by atoms with E-state index in [1.54, 1.807) is 76.2 Å². The van der Waals surface area contributed by atoms with Crippen molar-refractivity contribution in [3.8, 4) is 45.3 Å². The molecular formula is C51H49F2NO9. The highest BCUT2D eigenvalue weighted by atomic mass is 19.1. The molecule has 0 saturated carbocycles. The van der Waals surface area contributed by atoms with Crippen molar-refractivity contribution in [1.29, 1.82) is 0 Å². The van der Waals surface area contributed by atoms with Crippen LogP contribution in [0.25, 0.3) is 22.3 Å². The average molecular weight is 858 g/mol. The van der Waals surface area contributed by atoms with Gasteiger partial charge in [0, 0.05) is 23.2 Å². The molecule has 0 saturated heterocycles. The Kier molecular flexibility index (Phi) is 15.5. The molecule has 0 aromatic heterocycles. The maximum absolute atomic E-state index is 13.6. The van der Waals surface area contributed by atoms with Gasteiger partial charge in [0.05, 0.1) is 24.4 Å². The van der Waals surface area contributed by atoms with Crippen LogP contribution in [0.2, 0.25) is 0 Å². The third-order valence-electron chi connectivity index (χ3n) is 9.53. The number of nitrogen functional groups attached to an aromatic ring is 1. The number of benzene rings is 6. The van der Waals surface area contributed by atoms with E-state index in [0.29, 0.717) is 35.1 Å². The molecule has 326 valence electrons. The van der Waals surface area contributed by atoms with Crippen LogP contribution in [0.3, 0.4) is 0 Å². The molecule has 8 rings (SSSR count). The van der Waals surface area contributed by atoms with Crippen molar-refractivity contribution >= 4 is 23.4 Å². The van der Waals surface area contributed by atoms with E-state index in [-0.39, 0.29) is 67.3 Å². The zero-order valence-corrected chi connectivity index (χ0v) is 35.5. The second-order valence-corrected chi connectivity index (χ2v) is 15.3. The summed E-state index contributed by atoms with van der Waals surface area (Å²) < 4.78 is 58.6. The number of ketones is 1. The van der Waals surface area contributed by atoms with Gasteiger partial charge in [-0.3, -0.25) is 4.79 Å². The van der Waals surface area contributed by atoms with Crippen molar-refractivity contribution in [1.82, 2.24) is 0 Å². The third-order valence-corrected chi connectivity index (χ3v) is 9.53. The molecule has 0 radical (unpaired) electrons. The number of carbonyl (C=O) groups excluding carboxylic acids is 3. The van der Waals surface area contributed by atoms with Gasteiger partial charge in [-0.2, -0.15) is 0 Å². The molecule has 1 atom stereocenters. The maximum Gasteiger partial charge on any atom is 0.344 e. The van der Waals surface area contributed by atoms with Crippen LogP contribution in [0.15, 0.2) is 133 Å². The SMILES string of the molecule is CC(C)OC(=O)COc1cccc(CC2COc3ccc(-c4cccc(F)c4)cc32)c1.CC(C)OC(=O)COc1cccc(N)c1.O=C1COc2ccc(-c3cccc(F)c3)cc21. The van der Waals surface area contributed by atoms with Crippen molar-refractivity contribution in [3.05, 3.63) is 162 Å². The molecule has 2 aliphatic rings. The van der Waals surface area contributed by atoms with E-state index in [1.165, 1.54) is 24.3 Å². The summed E-state index contributed by atoms with van der Waals surface area (Å²) in [5, 5.41) is 0. The summed E-state index contributed by atoms with van der Waals surface area (Å²) in [7, 11) is 0. The molecule has 10 nitrogen and oxygen atoms in total. The van der Waals surface area contributed by atoms with Gasteiger partial charge >= 0.3 is 11.9 Å². The van der Waals surface area contributed by atoms with Gasteiger partial charge in [-0.05, 0) is 135 Å². The molecule has 1 unspecified atom stereocenters. The monoisotopic (exact) mass is 857 g/mol. The fourth-order valence-corrected chi connectivity index (χ4v) is 6.77. The molecule has 6 aromatic carbocycles. The van der Waals surface area contributed by atoms with Crippen LogP contribution in [0.1, 0.15) is 55.1 Å². The van der Waals surface area contributed by atoms with E-state index in [4.69, 9.17) is 34.2 Å². The van der Waals surface area contributed by atoms with Crippen molar-refractivity contribution in [2.24, 2.45) is 0 Å². The van der Waals surface area contributed by atoms with E-state index in [0.717, 1.165) is 45.6 Å². The van der Waals surface area contributed by atoms with E-state index in [1.807, 2.05) is 54.6 Å². The predicted molar refractivity (Wildman–Crippen MR) is 236 cm³/mol. The minimum Gasteiger partial charge on any atom is -0.493 e. The van der Waals surface area contributed by atoms with Gasteiger partial charge in [0.2, 0.25) is 5.78 Å². The molecule has 0 bridgehead atoms. The minimum atomic E-state index is -0.386. The fraction of sp³-hybridized carbons (Fsp3) is 0.235. The smallest absolute Gasteiger partial charge is 0.344 e. The van der Waals surface area contributed by atoms with Gasteiger partial charge in [-0.15, -0.1) is 0 Å². The summed E-state index contributed by atoms with van der Waals surface area (Å²) in [4.78, 5) is 34.4. The normalized spacial score (nSPS) is 13.3. The van der Waals surface area contributed by atoms with E-state index in [2.05, 4.69) is 6.07 Å². The van der Waals surface area contributed by atoms with Gasteiger partial charge in [0.25, 0.3) is 0 Å². The number of carbonyl (C=O) groups is 3. The Morgan fingerprint density at radius 1 is 0.635 bits per heavy atom.